The molecular weight excluding hydrogens is 498 g/mol. The summed E-state index contributed by atoms with van der Waals surface area (Å²) in [7, 11) is 0. The number of ether oxygens (including phenoxy) is 1. The summed E-state index contributed by atoms with van der Waals surface area (Å²) >= 11 is 5.14. The van der Waals surface area contributed by atoms with Crippen molar-refractivity contribution in [3.63, 3.8) is 0 Å². The predicted molar refractivity (Wildman–Crippen MR) is 132 cm³/mol. The number of rotatable bonds is 16. The zero-order valence-corrected chi connectivity index (χ0v) is 23.2. The molecule has 0 amide bonds. The van der Waals surface area contributed by atoms with Crippen molar-refractivity contribution in [2.45, 2.75) is 102 Å². The van der Waals surface area contributed by atoms with Crippen LogP contribution < -0.4 is 0 Å². The molecule has 0 aliphatic rings. The predicted octanol–water partition coefficient (Wildman–Crippen LogP) is 8.46. The van der Waals surface area contributed by atoms with E-state index in [2.05, 4.69) is 31.8 Å². The first-order valence-electron chi connectivity index (χ1n) is 11.9. The molecule has 1 aromatic rings. The summed E-state index contributed by atoms with van der Waals surface area (Å²) in [6.45, 7) is 9.47. The third-order valence-corrected chi connectivity index (χ3v) is 11.0. The third-order valence-electron chi connectivity index (χ3n) is 5.66. The number of halogens is 1. The molecular formula is C26H41ClO2Sn. The average Bonchev–Trinajstić information content (AvgIpc) is 2.76. The summed E-state index contributed by atoms with van der Waals surface area (Å²) in [6, 6.07) is 7.65. The molecule has 0 heterocycles. The number of hydrogen-bond donors (Lipinski definition) is 0. The van der Waals surface area contributed by atoms with Crippen molar-refractivity contribution in [3.05, 3.63) is 38.9 Å². The fourth-order valence-electron chi connectivity index (χ4n) is 3.64. The Morgan fingerprint density at radius 2 is 1.40 bits per heavy atom. The van der Waals surface area contributed by atoms with E-state index in [1.54, 1.807) is 0 Å². The van der Waals surface area contributed by atoms with E-state index in [9.17, 15) is 4.79 Å². The van der Waals surface area contributed by atoms with Gasteiger partial charge in [-0.25, -0.2) is 0 Å². The zero-order valence-electron chi connectivity index (χ0n) is 19.6. The van der Waals surface area contributed by atoms with Crippen molar-refractivity contribution in [1.82, 2.24) is 0 Å². The number of carbonyl (C=O) groups is 1. The Hall–Kier alpha value is -0.481. The van der Waals surface area contributed by atoms with Crippen molar-refractivity contribution in [2.75, 3.05) is 6.61 Å². The Morgan fingerprint density at radius 3 is 1.87 bits per heavy atom. The Kier molecular flexibility index (Phi) is 14.9. The third kappa shape index (κ3) is 10.2. The molecule has 2 radical (unpaired) electrons. The number of unbranched alkanes of at least 4 members (excludes halogenated alkanes) is 4. The molecule has 0 saturated heterocycles. The molecule has 0 bridgehead atoms. The number of hydrogen-bond acceptors (Lipinski definition) is 2. The van der Waals surface area contributed by atoms with Crippen molar-refractivity contribution in [1.29, 1.82) is 0 Å². The van der Waals surface area contributed by atoms with E-state index >= 15 is 0 Å². The number of esters is 1. The minimum atomic E-state index is -0.958. The van der Waals surface area contributed by atoms with Gasteiger partial charge >= 0.3 is 201 Å². The second-order valence-electron chi connectivity index (χ2n) is 8.29. The standard InChI is InChI=1S/C13H14ClO2.C13H27.Sn/c1-3-4-9-16-13(15)10(2)11-5-7-12(14)8-6-11;1-4-7-10-13(11-8-5-2)12-9-6-3;/h2,5-8H,3-4,9H2,1H3;4-12H2,1-3H3;. The number of benzene rings is 1. The van der Waals surface area contributed by atoms with Crippen LogP contribution in [-0.4, -0.2) is 33.7 Å². The van der Waals surface area contributed by atoms with Gasteiger partial charge in [0.25, 0.3) is 0 Å². The molecule has 0 N–H and O–H groups in total. The zero-order chi connectivity index (χ0) is 22.2. The molecule has 0 aliphatic carbocycles. The van der Waals surface area contributed by atoms with Crippen LogP contribution in [0.1, 0.15) is 104 Å². The molecule has 168 valence electrons. The van der Waals surface area contributed by atoms with Crippen LogP contribution in [0.15, 0.2) is 28.4 Å². The topological polar surface area (TPSA) is 26.3 Å². The van der Waals surface area contributed by atoms with E-state index in [4.69, 9.17) is 16.3 Å². The first kappa shape index (κ1) is 27.6. The maximum absolute atomic E-state index is 13.0. The van der Waals surface area contributed by atoms with E-state index in [1.165, 1.54) is 57.8 Å². The first-order valence-corrected chi connectivity index (χ1v) is 15.4. The van der Waals surface area contributed by atoms with E-state index in [0.717, 1.165) is 24.0 Å². The van der Waals surface area contributed by atoms with Crippen LogP contribution in [-0.2, 0) is 9.53 Å². The number of carbonyl (C=O) groups excluding carboxylic acids is 1. The normalized spacial score (nSPS) is 12.2. The minimum absolute atomic E-state index is 0.165. The molecule has 0 aromatic heterocycles. The van der Waals surface area contributed by atoms with Crippen LogP contribution >= 0.6 is 11.6 Å². The Morgan fingerprint density at radius 1 is 0.900 bits per heavy atom. The van der Waals surface area contributed by atoms with E-state index in [0.29, 0.717) is 15.1 Å². The monoisotopic (exact) mass is 540 g/mol. The van der Waals surface area contributed by atoms with Gasteiger partial charge in [-0.15, -0.1) is 0 Å². The van der Waals surface area contributed by atoms with E-state index < -0.39 is 21.1 Å². The molecule has 1 rings (SSSR count). The summed E-state index contributed by atoms with van der Waals surface area (Å²) in [4.78, 5) is 13.0. The van der Waals surface area contributed by atoms with Crippen LogP contribution in [0, 0.1) is 0 Å². The second-order valence-corrected chi connectivity index (χ2v) is 13.4. The second kappa shape index (κ2) is 16.2. The molecule has 0 atom stereocenters. The van der Waals surface area contributed by atoms with Gasteiger partial charge in [0.2, 0.25) is 0 Å². The molecule has 0 fully saturated rings. The van der Waals surface area contributed by atoms with Crippen molar-refractivity contribution in [3.8, 4) is 0 Å². The summed E-state index contributed by atoms with van der Waals surface area (Å²) < 4.78 is 8.41. The van der Waals surface area contributed by atoms with Gasteiger partial charge in [-0.3, -0.25) is 0 Å². The van der Waals surface area contributed by atoms with E-state index in [-0.39, 0.29) is 5.97 Å². The molecule has 2 nitrogen and oxygen atoms in total. The van der Waals surface area contributed by atoms with E-state index in [1.807, 2.05) is 24.3 Å². The van der Waals surface area contributed by atoms with Gasteiger partial charge < -0.3 is 0 Å². The van der Waals surface area contributed by atoms with Crippen molar-refractivity contribution >= 4 is 44.3 Å². The van der Waals surface area contributed by atoms with Crippen LogP contribution in [0.25, 0.3) is 5.57 Å². The fraction of sp³-hybridized carbons (Fsp3) is 0.654. The van der Waals surface area contributed by atoms with Gasteiger partial charge in [-0.05, 0) is 0 Å². The van der Waals surface area contributed by atoms with Crippen LogP contribution in [0.2, 0.25) is 8.45 Å². The van der Waals surface area contributed by atoms with Crippen molar-refractivity contribution < 1.29 is 9.53 Å². The van der Waals surface area contributed by atoms with Crippen LogP contribution in [0.3, 0.4) is 0 Å². The maximum atomic E-state index is 13.0. The molecule has 0 aliphatic heterocycles. The Labute approximate surface area is 200 Å². The first-order chi connectivity index (χ1) is 14.5. The molecule has 4 heteroatoms. The van der Waals surface area contributed by atoms with Gasteiger partial charge in [0.05, 0.1) is 0 Å². The Bertz CT molecular complexity index is 603. The van der Waals surface area contributed by atoms with Gasteiger partial charge in [-0.1, -0.05) is 0 Å². The molecule has 0 spiro atoms. The summed E-state index contributed by atoms with van der Waals surface area (Å²) in [5.41, 5.74) is 1.71. The SMILES string of the molecule is CCCCOC(=O)C(=[CH][Sn][C](CCCC)(CCCC)CCCC)c1ccc(Cl)cc1. The summed E-state index contributed by atoms with van der Waals surface area (Å²) in [6.07, 6.45) is 13.5. The average molecular weight is 540 g/mol. The van der Waals surface area contributed by atoms with Crippen molar-refractivity contribution in [2.24, 2.45) is 0 Å². The van der Waals surface area contributed by atoms with Gasteiger partial charge in [0.15, 0.2) is 0 Å². The molecule has 1 aromatic carbocycles. The quantitative estimate of drug-likeness (QED) is 0.0912. The molecule has 30 heavy (non-hydrogen) atoms. The van der Waals surface area contributed by atoms with Gasteiger partial charge in [0, 0.05) is 0 Å². The summed E-state index contributed by atoms with van der Waals surface area (Å²) in [5, 5.41) is 0.695. The summed E-state index contributed by atoms with van der Waals surface area (Å²) in [5.74, 6) is -0.165. The van der Waals surface area contributed by atoms with Gasteiger partial charge in [-0.2, -0.15) is 0 Å². The fourth-order valence-corrected chi connectivity index (χ4v) is 8.61. The molecule has 0 saturated carbocycles. The van der Waals surface area contributed by atoms with Crippen LogP contribution in [0.5, 0.6) is 0 Å². The van der Waals surface area contributed by atoms with Crippen LogP contribution in [0.4, 0.5) is 0 Å². The molecule has 0 unspecified atom stereocenters. The Balaban J connectivity index is 3.19. The van der Waals surface area contributed by atoms with Gasteiger partial charge in [0.1, 0.15) is 0 Å².